The molecule has 0 aromatic heterocycles. The predicted octanol–water partition coefficient (Wildman–Crippen LogP) is 5.89. The maximum Gasteiger partial charge on any atom is 0.416 e. The molecule has 3 aromatic carbocycles. The van der Waals surface area contributed by atoms with E-state index in [9.17, 15) is 18.0 Å². The van der Waals surface area contributed by atoms with E-state index in [0.717, 1.165) is 23.8 Å². The van der Waals surface area contributed by atoms with Crippen molar-refractivity contribution in [1.29, 1.82) is 0 Å². The molecule has 0 saturated carbocycles. The second-order valence-electron chi connectivity index (χ2n) is 7.42. The summed E-state index contributed by atoms with van der Waals surface area (Å²) >= 11 is 6.05. The lowest BCUT2D eigenvalue weighted by Crippen LogP contribution is -2.34. The Morgan fingerprint density at radius 3 is 2.32 bits per heavy atom. The number of hydrogen-bond donors (Lipinski definition) is 2. The van der Waals surface area contributed by atoms with Crippen LogP contribution >= 0.6 is 11.6 Å². The first-order chi connectivity index (χ1) is 16.2. The Labute approximate surface area is 200 Å². The minimum Gasteiger partial charge on any atom is -0.493 e. The van der Waals surface area contributed by atoms with Crippen LogP contribution in [0.15, 0.2) is 66.7 Å². The molecular weight excluding hydrogens is 469 g/mol. The van der Waals surface area contributed by atoms with Crippen molar-refractivity contribution >= 4 is 23.2 Å². The summed E-state index contributed by atoms with van der Waals surface area (Å²) in [5, 5.41) is 5.73. The van der Waals surface area contributed by atoms with Gasteiger partial charge in [0.05, 0.1) is 30.5 Å². The second-order valence-corrected chi connectivity index (χ2v) is 7.83. The van der Waals surface area contributed by atoms with Crippen LogP contribution in [0.3, 0.4) is 0 Å². The van der Waals surface area contributed by atoms with E-state index in [-0.39, 0.29) is 10.7 Å². The van der Waals surface area contributed by atoms with E-state index in [4.69, 9.17) is 21.1 Å². The molecule has 1 atom stereocenters. The molecule has 0 fully saturated rings. The van der Waals surface area contributed by atoms with Crippen molar-refractivity contribution in [3.05, 3.63) is 88.4 Å². The van der Waals surface area contributed by atoms with Crippen molar-refractivity contribution in [1.82, 2.24) is 5.32 Å². The molecule has 0 bridgehead atoms. The van der Waals surface area contributed by atoms with Crippen LogP contribution in [-0.4, -0.2) is 26.7 Å². The zero-order chi connectivity index (χ0) is 24.7. The van der Waals surface area contributed by atoms with Crippen LogP contribution in [0.5, 0.6) is 11.5 Å². The number of carbonyl (C=O) groups is 1. The highest BCUT2D eigenvalue weighted by Gasteiger charge is 2.31. The molecule has 5 nitrogen and oxygen atoms in total. The summed E-state index contributed by atoms with van der Waals surface area (Å²) in [4.78, 5) is 13.1. The van der Waals surface area contributed by atoms with Gasteiger partial charge in [0, 0.05) is 6.54 Å². The smallest absolute Gasteiger partial charge is 0.416 e. The fourth-order valence-corrected chi connectivity index (χ4v) is 3.57. The van der Waals surface area contributed by atoms with E-state index >= 15 is 0 Å². The Hall–Kier alpha value is -3.23. The van der Waals surface area contributed by atoms with Crippen molar-refractivity contribution in [3.8, 4) is 11.5 Å². The molecule has 1 amide bonds. The van der Waals surface area contributed by atoms with E-state index in [1.54, 1.807) is 44.6 Å². The molecule has 0 aliphatic rings. The SMILES string of the molecule is COc1ccc(CCN[C@H](C(=O)Nc2cc(C(F)(F)F)ccc2Cl)c2ccccc2)cc1OC. The highest BCUT2D eigenvalue weighted by molar-refractivity contribution is 6.33. The highest BCUT2D eigenvalue weighted by Crippen LogP contribution is 2.34. The van der Waals surface area contributed by atoms with Gasteiger partial charge < -0.3 is 20.1 Å². The number of ether oxygens (including phenoxy) is 2. The van der Waals surface area contributed by atoms with Gasteiger partial charge >= 0.3 is 6.18 Å². The lowest BCUT2D eigenvalue weighted by Gasteiger charge is -2.20. The normalized spacial score (nSPS) is 12.2. The van der Waals surface area contributed by atoms with Crippen LogP contribution in [0.2, 0.25) is 5.02 Å². The third kappa shape index (κ3) is 6.42. The topological polar surface area (TPSA) is 59.6 Å². The molecule has 0 heterocycles. The van der Waals surface area contributed by atoms with Crippen molar-refractivity contribution in [3.63, 3.8) is 0 Å². The second kappa shape index (κ2) is 11.3. The molecule has 180 valence electrons. The quantitative estimate of drug-likeness (QED) is 0.391. The first kappa shape index (κ1) is 25.4. The Bertz CT molecular complexity index is 1120. The van der Waals surface area contributed by atoms with E-state index in [2.05, 4.69) is 10.6 Å². The molecule has 0 radical (unpaired) electrons. The number of carbonyl (C=O) groups excluding carboxylic acids is 1. The number of amides is 1. The van der Waals surface area contributed by atoms with E-state index in [1.165, 1.54) is 0 Å². The highest BCUT2D eigenvalue weighted by atomic mass is 35.5. The summed E-state index contributed by atoms with van der Waals surface area (Å²) in [5.41, 5.74) is 0.614. The molecular formula is C25H24ClF3N2O3. The maximum absolute atomic E-state index is 13.1. The Balaban J connectivity index is 1.76. The minimum atomic E-state index is -4.55. The van der Waals surface area contributed by atoms with Crippen LogP contribution in [0.25, 0.3) is 0 Å². The summed E-state index contributed by atoms with van der Waals surface area (Å²) in [7, 11) is 3.10. The first-order valence-corrected chi connectivity index (χ1v) is 10.8. The van der Waals surface area contributed by atoms with E-state index < -0.39 is 23.7 Å². The van der Waals surface area contributed by atoms with Crippen LogP contribution in [-0.2, 0) is 17.4 Å². The lowest BCUT2D eigenvalue weighted by molar-refractivity contribution is -0.137. The summed E-state index contributed by atoms with van der Waals surface area (Å²) in [6.07, 6.45) is -3.98. The third-order valence-corrected chi connectivity index (χ3v) is 5.49. The summed E-state index contributed by atoms with van der Waals surface area (Å²) in [6.45, 7) is 0.415. The molecule has 34 heavy (non-hydrogen) atoms. The van der Waals surface area contributed by atoms with Crippen LogP contribution in [0, 0.1) is 0 Å². The average Bonchev–Trinajstić information content (AvgIpc) is 2.82. The van der Waals surface area contributed by atoms with Gasteiger partial charge in [0.25, 0.3) is 0 Å². The van der Waals surface area contributed by atoms with E-state index in [1.807, 2.05) is 18.2 Å². The number of hydrogen-bond acceptors (Lipinski definition) is 4. The van der Waals surface area contributed by atoms with Gasteiger partial charge in [-0.3, -0.25) is 4.79 Å². The Morgan fingerprint density at radius 1 is 0.971 bits per heavy atom. The zero-order valence-electron chi connectivity index (χ0n) is 18.6. The van der Waals surface area contributed by atoms with Gasteiger partial charge in [0.1, 0.15) is 6.04 Å². The summed E-state index contributed by atoms with van der Waals surface area (Å²) in [6, 6.07) is 16.4. The molecule has 0 aliphatic carbocycles. The van der Waals surface area contributed by atoms with Crippen LogP contribution < -0.4 is 20.1 Å². The maximum atomic E-state index is 13.1. The van der Waals surface area contributed by atoms with Crippen molar-refractivity contribution < 1.29 is 27.4 Å². The van der Waals surface area contributed by atoms with Gasteiger partial charge in [0.2, 0.25) is 5.91 Å². The minimum absolute atomic E-state index is 0.0125. The van der Waals surface area contributed by atoms with Gasteiger partial charge in [-0.25, -0.2) is 0 Å². The number of halogens is 4. The molecule has 9 heteroatoms. The number of benzene rings is 3. The predicted molar refractivity (Wildman–Crippen MR) is 126 cm³/mol. The fraction of sp³-hybridized carbons (Fsp3) is 0.240. The zero-order valence-corrected chi connectivity index (χ0v) is 19.3. The number of rotatable bonds is 9. The van der Waals surface area contributed by atoms with Gasteiger partial charge in [-0.05, 0) is 47.9 Å². The van der Waals surface area contributed by atoms with Crippen LogP contribution in [0.4, 0.5) is 18.9 Å². The number of methoxy groups -OCH3 is 2. The van der Waals surface area contributed by atoms with Gasteiger partial charge in [0.15, 0.2) is 11.5 Å². The van der Waals surface area contributed by atoms with Crippen molar-refractivity contribution in [2.24, 2.45) is 0 Å². The molecule has 2 N–H and O–H groups in total. The monoisotopic (exact) mass is 492 g/mol. The fourth-order valence-electron chi connectivity index (χ4n) is 3.41. The van der Waals surface area contributed by atoms with Gasteiger partial charge in [-0.2, -0.15) is 13.2 Å². The van der Waals surface area contributed by atoms with Crippen molar-refractivity contribution in [2.45, 2.75) is 18.6 Å². The molecule has 3 rings (SSSR count). The van der Waals surface area contributed by atoms with Gasteiger partial charge in [-0.15, -0.1) is 0 Å². The molecule has 0 saturated heterocycles. The Kier molecular flexibility index (Phi) is 8.41. The molecule has 0 aliphatic heterocycles. The standard InChI is InChI=1S/C25H24ClF3N2O3/c1-33-21-11-8-16(14-22(21)34-2)12-13-30-23(17-6-4-3-5-7-17)24(32)31-20-15-18(25(27,28)29)9-10-19(20)26/h3-11,14-15,23,30H,12-13H2,1-2H3,(H,31,32)/t23-/m0/s1. The summed E-state index contributed by atoms with van der Waals surface area (Å²) in [5.74, 6) is 0.676. The van der Waals surface area contributed by atoms with Crippen molar-refractivity contribution in [2.75, 3.05) is 26.1 Å². The largest absolute Gasteiger partial charge is 0.493 e. The summed E-state index contributed by atoms with van der Waals surface area (Å²) < 4.78 is 49.9. The third-order valence-electron chi connectivity index (χ3n) is 5.16. The Morgan fingerprint density at radius 2 is 1.68 bits per heavy atom. The molecule has 3 aromatic rings. The lowest BCUT2D eigenvalue weighted by atomic mass is 10.0. The number of nitrogens with one attached hydrogen (secondary N) is 2. The number of anilines is 1. The van der Waals surface area contributed by atoms with E-state index in [0.29, 0.717) is 30.0 Å². The first-order valence-electron chi connectivity index (χ1n) is 10.4. The average molecular weight is 493 g/mol. The number of alkyl halides is 3. The molecule has 0 spiro atoms. The van der Waals surface area contributed by atoms with Crippen LogP contribution in [0.1, 0.15) is 22.7 Å². The van der Waals surface area contributed by atoms with Gasteiger partial charge in [-0.1, -0.05) is 48.0 Å². The molecule has 0 unspecified atom stereocenters.